The van der Waals surface area contributed by atoms with E-state index in [1.807, 2.05) is 13.8 Å². The van der Waals surface area contributed by atoms with E-state index in [0.717, 1.165) is 10.4 Å². The van der Waals surface area contributed by atoms with Crippen LogP contribution in [-0.2, 0) is 26.2 Å². The predicted octanol–water partition coefficient (Wildman–Crippen LogP) is 5.75. The van der Waals surface area contributed by atoms with Crippen LogP contribution in [0.5, 0.6) is 5.75 Å². The summed E-state index contributed by atoms with van der Waals surface area (Å²) in [4.78, 5) is 39.1. The third kappa shape index (κ3) is 8.19. The van der Waals surface area contributed by atoms with Crippen molar-refractivity contribution in [3.8, 4) is 5.75 Å². The zero-order valence-electron chi connectivity index (χ0n) is 24.9. The molecule has 0 spiro atoms. The normalized spacial score (nSPS) is 12.6. The summed E-state index contributed by atoms with van der Waals surface area (Å²) in [7, 11) is -3.31. The summed E-state index contributed by atoms with van der Waals surface area (Å²) >= 11 is 12.4. The van der Waals surface area contributed by atoms with E-state index in [0.29, 0.717) is 17.0 Å². The maximum atomic E-state index is 14.2. The van der Waals surface area contributed by atoms with Gasteiger partial charge in [-0.3, -0.25) is 24.0 Å². The van der Waals surface area contributed by atoms with Crippen molar-refractivity contribution < 1.29 is 27.7 Å². The molecule has 3 aromatic carbocycles. The number of ether oxygens (including phenoxy) is 1. The monoisotopic (exact) mass is 664 g/mol. The quantitative estimate of drug-likeness (QED) is 0.181. The van der Waals surface area contributed by atoms with E-state index in [4.69, 9.17) is 27.9 Å². The standard InChI is InChI=1S/C30H34Cl2N4O7S/c1-6-20(3)33-30(38)21(4)34(17-22-8-7-9-23(31)14-22)29(37)18-35(27-15-24(32)11-13-28(27)43-5)44(41,42)25-12-10-19(2)26(16-25)36(39)40/h7-16,20-21H,6,17-18H2,1-5H3,(H,33,38)/t20-,21-/m0/s1. The zero-order chi connectivity index (χ0) is 32.8. The molecule has 0 aliphatic rings. The molecule has 3 rings (SSSR count). The van der Waals surface area contributed by atoms with E-state index in [-0.39, 0.29) is 34.6 Å². The number of rotatable bonds is 13. The number of nitrogens with one attached hydrogen (secondary N) is 1. The van der Waals surface area contributed by atoms with Gasteiger partial charge in [0.05, 0.1) is 22.6 Å². The molecule has 0 aromatic heterocycles. The highest BCUT2D eigenvalue weighted by Crippen LogP contribution is 2.36. The first-order valence-corrected chi connectivity index (χ1v) is 15.8. The van der Waals surface area contributed by atoms with Gasteiger partial charge in [0.1, 0.15) is 18.3 Å². The fraction of sp³-hybridized carbons (Fsp3) is 0.333. The van der Waals surface area contributed by atoms with Gasteiger partial charge in [-0.25, -0.2) is 8.42 Å². The van der Waals surface area contributed by atoms with Crippen LogP contribution in [0.4, 0.5) is 11.4 Å². The van der Waals surface area contributed by atoms with Crippen molar-refractivity contribution in [2.45, 2.75) is 57.6 Å². The number of nitrogens with zero attached hydrogens (tertiary/aromatic N) is 3. The molecular weight excluding hydrogens is 631 g/mol. The summed E-state index contributed by atoms with van der Waals surface area (Å²) in [6, 6.07) is 13.3. The Balaban J connectivity index is 2.16. The van der Waals surface area contributed by atoms with E-state index in [2.05, 4.69) is 5.32 Å². The van der Waals surface area contributed by atoms with Crippen LogP contribution in [0.3, 0.4) is 0 Å². The number of methoxy groups -OCH3 is 1. The second-order valence-corrected chi connectivity index (χ2v) is 12.9. The molecule has 0 unspecified atom stereocenters. The lowest BCUT2D eigenvalue weighted by molar-refractivity contribution is -0.385. The van der Waals surface area contributed by atoms with Gasteiger partial charge >= 0.3 is 0 Å². The van der Waals surface area contributed by atoms with E-state index < -0.39 is 49.9 Å². The molecule has 0 aliphatic heterocycles. The summed E-state index contributed by atoms with van der Waals surface area (Å²) in [5, 5.41) is 15.1. The lowest BCUT2D eigenvalue weighted by Crippen LogP contribution is -2.52. The number of anilines is 1. The van der Waals surface area contributed by atoms with Crippen molar-refractivity contribution in [3.63, 3.8) is 0 Å². The number of carbonyl (C=O) groups is 2. The van der Waals surface area contributed by atoms with Gasteiger partial charge in [0.15, 0.2) is 0 Å². The summed E-state index contributed by atoms with van der Waals surface area (Å²) < 4.78 is 34.6. The zero-order valence-corrected chi connectivity index (χ0v) is 27.2. The minimum absolute atomic E-state index is 0.0644. The topological polar surface area (TPSA) is 139 Å². The molecular formula is C30H34Cl2N4O7S. The van der Waals surface area contributed by atoms with Gasteiger partial charge < -0.3 is 15.0 Å². The maximum Gasteiger partial charge on any atom is 0.273 e. The second-order valence-electron chi connectivity index (χ2n) is 10.2. The molecule has 0 bridgehead atoms. The number of hydrogen-bond acceptors (Lipinski definition) is 7. The maximum absolute atomic E-state index is 14.2. The number of benzene rings is 3. The number of hydrogen-bond donors (Lipinski definition) is 1. The van der Waals surface area contributed by atoms with Crippen molar-refractivity contribution in [2.75, 3.05) is 18.0 Å². The Morgan fingerprint density at radius 1 is 1.05 bits per heavy atom. The molecule has 0 radical (unpaired) electrons. The lowest BCUT2D eigenvalue weighted by atomic mass is 10.1. The Morgan fingerprint density at radius 2 is 1.73 bits per heavy atom. The van der Waals surface area contributed by atoms with Gasteiger partial charge in [-0.05, 0) is 69.2 Å². The molecule has 3 aromatic rings. The van der Waals surface area contributed by atoms with Crippen LogP contribution in [0.25, 0.3) is 0 Å². The van der Waals surface area contributed by atoms with Gasteiger partial charge in [-0.15, -0.1) is 0 Å². The Hall–Kier alpha value is -3.87. The minimum Gasteiger partial charge on any atom is -0.495 e. The number of nitro benzene ring substituents is 1. The van der Waals surface area contributed by atoms with Gasteiger partial charge in [-0.2, -0.15) is 0 Å². The first-order chi connectivity index (χ1) is 20.7. The Bertz CT molecular complexity index is 1650. The smallest absolute Gasteiger partial charge is 0.273 e. The molecule has 0 heterocycles. The van der Waals surface area contributed by atoms with E-state index >= 15 is 0 Å². The van der Waals surface area contributed by atoms with Gasteiger partial charge in [0, 0.05) is 34.3 Å². The number of sulfonamides is 1. The molecule has 44 heavy (non-hydrogen) atoms. The van der Waals surface area contributed by atoms with Crippen LogP contribution < -0.4 is 14.4 Å². The first-order valence-electron chi connectivity index (χ1n) is 13.6. The molecule has 2 atom stereocenters. The van der Waals surface area contributed by atoms with E-state index in [9.17, 15) is 28.1 Å². The van der Waals surface area contributed by atoms with Crippen molar-refractivity contribution >= 4 is 56.4 Å². The molecule has 0 fully saturated rings. The predicted molar refractivity (Wildman–Crippen MR) is 170 cm³/mol. The molecule has 0 aliphatic carbocycles. The summed E-state index contributed by atoms with van der Waals surface area (Å²) in [5.74, 6) is -1.08. The fourth-order valence-corrected chi connectivity index (χ4v) is 6.14. The molecule has 0 saturated carbocycles. The van der Waals surface area contributed by atoms with Crippen molar-refractivity contribution in [3.05, 3.63) is 92.0 Å². The van der Waals surface area contributed by atoms with Crippen molar-refractivity contribution in [2.24, 2.45) is 0 Å². The molecule has 11 nitrogen and oxygen atoms in total. The van der Waals surface area contributed by atoms with Crippen LogP contribution in [-0.4, -0.2) is 55.8 Å². The molecule has 1 N–H and O–H groups in total. The molecule has 14 heteroatoms. The summed E-state index contributed by atoms with van der Waals surface area (Å²) in [5.41, 5.74) is 0.382. The van der Waals surface area contributed by atoms with Crippen molar-refractivity contribution in [1.29, 1.82) is 0 Å². The van der Waals surface area contributed by atoms with E-state index in [1.54, 1.807) is 31.2 Å². The highest BCUT2D eigenvalue weighted by atomic mass is 35.5. The highest BCUT2D eigenvalue weighted by Gasteiger charge is 2.35. The van der Waals surface area contributed by atoms with Gasteiger partial charge in [0.2, 0.25) is 11.8 Å². The van der Waals surface area contributed by atoms with Crippen LogP contribution in [0.1, 0.15) is 38.3 Å². The number of carbonyl (C=O) groups excluding carboxylic acids is 2. The first kappa shape index (κ1) is 34.6. The van der Waals surface area contributed by atoms with Crippen LogP contribution in [0, 0.1) is 17.0 Å². The Labute approximate surface area is 266 Å². The molecule has 0 saturated heterocycles. The Morgan fingerprint density at radius 3 is 2.34 bits per heavy atom. The van der Waals surface area contributed by atoms with Gasteiger partial charge in [0.25, 0.3) is 15.7 Å². The highest BCUT2D eigenvalue weighted by molar-refractivity contribution is 7.92. The number of aryl methyl sites for hydroxylation is 1. The summed E-state index contributed by atoms with van der Waals surface area (Å²) in [6.45, 7) is 5.90. The largest absolute Gasteiger partial charge is 0.495 e. The average molecular weight is 666 g/mol. The van der Waals surface area contributed by atoms with Gasteiger partial charge in [-0.1, -0.05) is 48.3 Å². The molecule has 2 amide bonds. The van der Waals surface area contributed by atoms with Crippen LogP contribution >= 0.6 is 23.2 Å². The lowest BCUT2D eigenvalue weighted by Gasteiger charge is -2.33. The average Bonchev–Trinajstić information content (AvgIpc) is 2.97. The van der Waals surface area contributed by atoms with Crippen LogP contribution in [0.15, 0.2) is 65.6 Å². The number of amides is 2. The number of nitro groups is 1. The van der Waals surface area contributed by atoms with E-state index in [1.165, 1.54) is 49.3 Å². The Kier molecular flexibility index (Phi) is 11.6. The summed E-state index contributed by atoms with van der Waals surface area (Å²) in [6.07, 6.45) is 0.657. The third-order valence-electron chi connectivity index (χ3n) is 7.06. The van der Waals surface area contributed by atoms with Crippen LogP contribution in [0.2, 0.25) is 10.0 Å². The minimum atomic E-state index is -4.63. The van der Waals surface area contributed by atoms with Crippen molar-refractivity contribution in [1.82, 2.24) is 10.2 Å². The molecule has 236 valence electrons. The SMILES string of the molecule is CC[C@H](C)NC(=O)[C@H](C)N(Cc1cccc(Cl)c1)C(=O)CN(c1cc(Cl)ccc1OC)S(=O)(=O)c1ccc(C)c([N+](=O)[O-])c1. The number of halogens is 2. The fourth-order valence-electron chi connectivity index (χ4n) is 4.33. The second kappa shape index (κ2) is 14.7. The third-order valence-corrected chi connectivity index (χ3v) is 9.29.